The lowest BCUT2D eigenvalue weighted by Crippen LogP contribution is -2.30. The molecule has 0 radical (unpaired) electrons. The number of halogens is 1. The van der Waals surface area contributed by atoms with E-state index in [1.54, 1.807) is 7.11 Å². The summed E-state index contributed by atoms with van der Waals surface area (Å²) in [4.78, 5) is 50.1. The second-order valence-corrected chi connectivity index (χ2v) is 6.45. The Morgan fingerprint density at radius 1 is 1.03 bits per heavy atom. The fourth-order valence-electron chi connectivity index (χ4n) is 2.90. The molecule has 0 saturated carbocycles. The number of methoxy groups -OCH3 is 1. The number of benzene rings is 2. The van der Waals surface area contributed by atoms with E-state index in [4.69, 9.17) is 9.47 Å². The second kappa shape index (κ2) is 9.27. The monoisotopic (exact) mass is 414 g/mol. The molecule has 9 heteroatoms. The number of carbonyl (C=O) groups excluding carboxylic acids is 4. The zero-order valence-electron chi connectivity index (χ0n) is 16.1. The van der Waals surface area contributed by atoms with Gasteiger partial charge in [0.05, 0.1) is 22.4 Å². The molecule has 0 saturated heterocycles. The van der Waals surface area contributed by atoms with E-state index < -0.39 is 36.1 Å². The van der Waals surface area contributed by atoms with Gasteiger partial charge >= 0.3 is 5.97 Å². The maximum atomic E-state index is 13.1. The predicted molar refractivity (Wildman–Crippen MR) is 104 cm³/mol. The number of anilines is 1. The quantitative estimate of drug-likeness (QED) is 0.402. The van der Waals surface area contributed by atoms with Gasteiger partial charge in [-0.3, -0.25) is 14.4 Å². The van der Waals surface area contributed by atoms with Gasteiger partial charge in [0.15, 0.2) is 6.61 Å². The summed E-state index contributed by atoms with van der Waals surface area (Å²) < 4.78 is 23.0. The number of hydrogen-bond acceptors (Lipinski definition) is 6. The number of esters is 1. The van der Waals surface area contributed by atoms with E-state index in [2.05, 4.69) is 5.32 Å². The Labute approximate surface area is 171 Å². The van der Waals surface area contributed by atoms with Gasteiger partial charge in [0.1, 0.15) is 5.82 Å². The van der Waals surface area contributed by atoms with Gasteiger partial charge in [0.2, 0.25) is 0 Å². The summed E-state index contributed by atoms with van der Waals surface area (Å²) in [5.74, 6) is -2.97. The molecule has 2 aromatic carbocycles. The minimum absolute atomic E-state index is 0.0304. The largest absolute Gasteiger partial charge is 0.452 e. The van der Waals surface area contributed by atoms with Crippen LogP contribution >= 0.6 is 0 Å². The molecule has 0 aromatic heterocycles. The van der Waals surface area contributed by atoms with Gasteiger partial charge in [0, 0.05) is 20.3 Å². The van der Waals surface area contributed by atoms with E-state index in [1.165, 1.54) is 30.3 Å². The van der Waals surface area contributed by atoms with Crippen molar-refractivity contribution >= 4 is 29.4 Å². The number of nitrogens with zero attached hydrogens (tertiary/aromatic N) is 1. The fourth-order valence-corrected chi connectivity index (χ4v) is 2.90. The molecule has 0 aliphatic carbocycles. The summed E-state index contributed by atoms with van der Waals surface area (Å²) in [6, 6.07) is 8.86. The predicted octanol–water partition coefficient (Wildman–Crippen LogP) is 1.94. The summed E-state index contributed by atoms with van der Waals surface area (Å²) in [5, 5.41) is 2.58. The molecule has 30 heavy (non-hydrogen) atoms. The van der Waals surface area contributed by atoms with Crippen LogP contribution in [0.25, 0.3) is 0 Å². The average molecular weight is 414 g/mol. The topological polar surface area (TPSA) is 102 Å². The molecule has 1 aliphatic heterocycles. The van der Waals surface area contributed by atoms with Crippen LogP contribution in [0.3, 0.4) is 0 Å². The summed E-state index contributed by atoms with van der Waals surface area (Å²) in [6.07, 6.45) is 0.627. The summed E-state index contributed by atoms with van der Waals surface area (Å²) in [5.41, 5.74) is 0.402. The van der Waals surface area contributed by atoms with Gasteiger partial charge in [-0.05, 0) is 48.9 Å². The number of nitrogens with one attached hydrogen (secondary N) is 1. The van der Waals surface area contributed by atoms with Crippen molar-refractivity contribution in [1.29, 1.82) is 0 Å². The first-order valence-corrected chi connectivity index (χ1v) is 9.13. The van der Waals surface area contributed by atoms with Crippen molar-refractivity contribution in [1.82, 2.24) is 5.32 Å². The lowest BCUT2D eigenvalue weighted by molar-refractivity contribution is -0.124. The molecule has 2 aromatic rings. The van der Waals surface area contributed by atoms with Gasteiger partial charge in [0.25, 0.3) is 17.7 Å². The van der Waals surface area contributed by atoms with E-state index in [9.17, 15) is 23.6 Å². The maximum absolute atomic E-state index is 13.1. The number of ether oxygens (including phenoxy) is 2. The zero-order valence-corrected chi connectivity index (χ0v) is 16.1. The van der Waals surface area contributed by atoms with Gasteiger partial charge in [-0.15, -0.1) is 0 Å². The molecule has 1 aliphatic rings. The number of imide groups is 1. The van der Waals surface area contributed by atoms with Crippen molar-refractivity contribution in [2.75, 3.05) is 31.8 Å². The molecule has 3 amide bonds. The summed E-state index contributed by atoms with van der Waals surface area (Å²) in [6.45, 7) is 0.410. The molecule has 1 N–H and O–H groups in total. The first-order chi connectivity index (χ1) is 14.4. The molecule has 0 bridgehead atoms. The number of carbonyl (C=O) groups is 4. The standard InChI is InChI=1S/C21H19FN2O6/c1-29-10-2-9-23-18(25)12-30-21(28)13-3-8-16-17(11-13)20(27)24(19(16)26)15-6-4-14(22)5-7-15/h3-8,11H,2,9-10,12H2,1H3,(H,23,25). The summed E-state index contributed by atoms with van der Waals surface area (Å²) in [7, 11) is 1.55. The van der Waals surface area contributed by atoms with Crippen LogP contribution in [0, 0.1) is 5.82 Å². The average Bonchev–Trinajstić information content (AvgIpc) is 3.00. The van der Waals surface area contributed by atoms with Gasteiger partial charge in [-0.2, -0.15) is 0 Å². The highest BCUT2D eigenvalue weighted by atomic mass is 19.1. The lowest BCUT2D eigenvalue weighted by Gasteiger charge is -2.13. The minimum atomic E-state index is -0.801. The van der Waals surface area contributed by atoms with Crippen molar-refractivity contribution in [2.45, 2.75) is 6.42 Å². The van der Waals surface area contributed by atoms with Crippen LogP contribution in [0.5, 0.6) is 0 Å². The van der Waals surface area contributed by atoms with Gasteiger partial charge < -0.3 is 14.8 Å². The van der Waals surface area contributed by atoms with Crippen LogP contribution in [0.15, 0.2) is 42.5 Å². The molecule has 0 unspecified atom stereocenters. The highest BCUT2D eigenvalue weighted by Gasteiger charge is 2.37. The minimum Gasteiger partial charge on any atom is -0.452 e. The van der Waals surface area contributed by atoms with Crippen LogP contribution in [-0.2, 0) is 14.3 Å². The Bertz CT molecular complexity index is 989. The van der Waals surface area contributed by atoms with Crippen LogP contribution in [-0.4, -0.2) is 50.6 Å². The third-order valence-corrected chi connectivity index (χ3v) is 4.39. The molecular weight excluding hydrogens is 395 g/mol. The molecule has 156 valence electrons. The van der Waals surface area contributed by atoms with E-state index >= 15 is 0 Å². The fraction of sp³-hybridized carbons (Fsp3) is 0.238. The molecule has 8 nitrogen and oxygen atoms in total. The van der Waals surface area contributed by atoms with Crippen molar-refractivity contribution in [3.8, 4) is 0 Å². The van der Waals surface area contributed by atoms with Crippen molar-refractivity contribution in [3.63, 3.8) is 0 Å². The number of rotatable bonds is 8. The number of hydrogen-bond donors (Lipinski definition) is 1. The maximum Gasteiger partial charge on any atom is 0.338 e. The van der Waals surface area contributed by atoms with Crippen LogP contribution in [0.2, 0.25) is 0 Å². The van der Waals surface area contributed by atoms with Gasteiger partial charge in [-0.25, -0.2) is 14.1 Å². The third-order valence-electron chi connectivity index (χ3n) is 4.39. The first-order valence-electron chi connectivity index (χ1n) is 9.13. The smallest absolute Gasteiger partial charge is 0.338 e. The molecule has 0 atom stereocenters. The van der Waals surface area contributed by atoms with Crippen LogP contribution < -0.4 is 10.2 Å². The highest BCUT2D eigenvalue weighted by Crippen LogP contribution is 2.29. The van der Waals surface area contributed by atoms with Crippen LogP contribution in [0.4, 0.5) is 10.1 Å². The highest BCUT2D eigenvalue weighted by molar-refractivity contribution is 6.34. The zero-order chi connectivity index (χ0) is 21.7. The number of amides is 3. The van der Waals surface area contributed by atoms with E-state index in [0.717, 1.165) is 17.0 Å². The Balaban J connectivity index is 1.66. The third kappa shape index (κ3) is 4.52. The lowest BCUT2D eigenvalue weighted by atomic mass is 10.1. The Kier molecular flexibility index (Phi) is 6.53. The van der Waals surface area contributed by atoms with E-state index in [1.807, 2.05) is 0 Å². The van der Waals surface area contributed by atoms with Crippen molar-refractivity contribution in [2.24, 2.45) is 0 Å². The van der Waals surface area contributed by atoms with Gasteiger partial charge in [-0.1, -0.05) is 0 Å². The molecule has 3 rings (SSSR count). The van der Waals surface area contributed by atoms with E-state index in [0.29, 0.717) is 19.6 Å². The second-order valence-electron chi connectivity index (χ2n) is 6.45. The van der Waals surface area contributed by atoms with E-state index in [-0.39, 0.29) is 22.4 Å². The van der Waals surface area contributed by atoms with Crippen molar-refractivity contribution < 1.29 is 33.0 Å². The summed E-state index contributed by atoms with van der Waals surface area (Å²) >= 11 is 0. The molecule has 0 fully saturated rings. The van der Waals surface area contributed by atoms with Crippen LogP contribution in [0.1, 0.15) is 37.5 Å². The first kappa shape index (κ1) is 21.1. The number of fused-ring (bicyclic) bond motifs is 1. The normalized spacial score (nSPS) is 12.7. The Morgan fingerprint density at radius 3 is 2.43 bits per heavy atom. The molecular formula is C21H19FN2O6. The SMILES string of the molecule is COCCCNC(=O)COC(=O)c1ccc2c(c1)C(=O)N(c1ccc(F)cc1)C2=O. The molecule has 1 heterocycles. The Hall–Kier alpha value is -3.59. The molecule has 0 spiro atoms. The Morgan fingerprint density at radius 2 is 1.73 bits per heavy atom. The van der Waals surface area contributed by atoms with Crippen molar-refractivity contribution in [3.05, 3.63) is 65.0 Å².